The van der Waals surface area contributed by atoms with E-state index in [2.05, 4.69) is 5.32 Å². The lowest BCUT2D eigenvalue weighted by Crippen LogP contribution is -2.41. The van der Waals surface area contributed by atoms with Crippen LogP contribution in [0.5, 0.6) is 0 Å². The van der Waals surface area contributed by atoms with Crippen molar-refractivity contribution in [3.63, 3.8) is 0 Å². The van der Waals surface area contributed by atoms with Crippen LogP contribution in [0.3, 0.4) is 0 Å². The van der Waals surface area contributed by atoms with Crippen LogP contribution in [-0.4, -0.2) is 46.4 Å². The number of nitro groups is 1. The van der Waals surface area contributed by atoms with Gasteiger partial charge in [0.05, 0.1) is 16.9 Å². The van der Waals surface area contributed by atoms with Gasteiger partial charge in [-0.05, 0) is 18.4 Å². The van der Waals surface area contributed by atoms with E-state index >= 15 is 0 Å². The monoisotopic (exact) mass is 335 g/mol. The Bertz CT molecular complexity index is 661. The molecule has 1 aliphatic rings. The molecular formula is C16H21N3O5. The summed E-state index contributed by atoms with van der Waals surface area (Å²) in [4.78, 5) is 35.9. The number of carbonyl (C=O) groups is 2. The van der Waals surface area contributed by atoms with Gasteiger partial charge in [-0.3, -0.25) is 19.7 Å². The largest absolute Gasteiger partial charge is 0.481 e. The summed E-state index contributed by atoms with van der Waals surface area (Å²) in [5, 5.41) is 23.2. The van der Waals surface area contributed by atoms with Gasteiger partial charge in [-0.1, -0.05) is 26.0 Å². The average molecular weight is 335 g/mol. The van der Waals surface area contributed by atoms with Gasteiger partial charge in [-0.25, -0.2) is 0 Å². The van der Waals surface area contributed by atoms with Gasteiger partial charge in [0, 0.05) is 19.2 Å². The first-order chi connectivity index (χ1) is 11.3. The summed E-state index contributed by atoms with van der Waals surface area (Å²) in [6.45, 7) is 4.11. The Morgan fingerprint density at radius 3 is 2.62 bits per heavy atom. The number of aliphatic carboxylic acids is 1. The Kier molecular flexibility index (Phi) is 5.06. The smallest absolute Gasteiger partial charge is 0.311 e. The second-order valence-corrected chi connectivity index (χ2v) is 6.31. The van der Waals surface area contributed by atoms with Crippen molar-refractivity contribution in [1.82, 2.24) is 4.90 Å². The summed E-state index contributed by atoms with van der Waals surface area (Å²) in [5.41, 5.74) is -0.758. The van der Waals surface area contributed by atoms with Crippen LogP contribution in [0.4, 0.5) is 11.4 Å². The first-order valence-electron chi connectivity index (χ1n) is 7.76. The van der Waals surface area contributed by atoms with Crippen molar-refractivity contribution >= 4 is 23.3 Å². The summed E-state index contributed by atoms with van der Waals surface area (Å²) in [6.07, 6.45) is 0.414. The molecule has 1 heterocycles. The van der Waals surface area contributed by atoms with E-state index in [-0.39, 0.29) is 36.3 Å². The molecule has 1 aromatic rings. The molecule has 0 radical (unpaired) electrons. The van der Waals surface area contributed by atoms with Gasteiger partial charge >= 0.3 is 5.97 Å². The molecule has 1 unspecified atom stereocenters. The Labute approximate surface area is 139 Å². The number of carbonyl (C=O) groups excluding carboxylic acids is 1. The molecule has 2 N–H and O–H groups in total. The Morgan fingerprint density at radius 1 is 1.42 bits per heavy atom. The molecule has 1 atom stereocenters. The third-order valence-electron chi connectivity index (χ3n) is 4.72. The van der Waals surface area contributed by atoms with Crippen LogP contribution in [0.1, 0.15) is 20.3 Å². The Hall–Kier alpha value is -2.64. The topological polar surface area (TPSA) is 113 Å². The van der Waals surface area contributed by atoms with Crippen LogP contribution in [-0.2, 0) is 9.59 Å². The second kappa shape index (κ2) is 6.86. The maximum absolute atomic E-state index is 12.3. The first kappa shape index (κ1) is 17.7. The minimum absolute atomic E-state index is 0.0871. The quantitative estimate of drug-likeness (QED) is 0.607. The van der Waals surface area contributed by atoms with Gasteiger partial charge in [0.2, 0.25) is 5.91 Å². The van der Waals surface area contributed by atoms with Crippen molar-refractivity contribution in [3.05, 3.63) is 34.4 Å². The second-order valence-electron chi connectivity index (χ2n) is 6.31. The van der Waals surface area contributed by atoms with Crippen LogP contribution in [0.15, 0.2) is 24.3 Å². The van der Waals surface area contributed by atoms with Crippen molar-refractivity contribution in [3.8, 4) is 0 Å². The van der Waals surface area contributed by atoms with Crippen molar-refractivity contribution in [2.24, 2.45) is 11.3 Å². The maximum atomic E-state index is 12.3. The van der Waals surface area contributed by atoms with Crippen molar-refractivity contribution in [2.75, 3.05) is 25.0 Å². The molecule has 1 amide bonds. The van der Waals surface area contributed by atoms with Gasteiger partial charge in [0.15, 0.2) is 0 Å². The molecule has 24 heavy (non-hydrogen) atoms. The van der Waals surface area contributed by atoms with Gasteiger partial charge in [-0.15, -0.1) is 0 Å². The van der Waals surface area contributed by atoms with Gasteiger partial charge in [0.25, 0.3) is 5.69 Å². The van der Waals surface area contributed by atoms with Crippen molar-refractivity contribution in [2.45, 2.75) is 20.3 Å². The van der Waals surface area contributed by atoms with E-state index in [1.807, 2.05) is 13.8 Å². The van der Waals surface area contributed by atoms with Crippen LogP contribution >= 0.6 is 0 Å². The molecule has 0 saturated carbocycles. The average Bonchev–Trinajstić information content (AvgIpc) is 2.99. The molecular weight excluding hydrogens is 314 g/mol. The number of rotatable bonds is 6. The number of nitrogens with zero attached hydrogens (tertiary/aromatic N) is 2. The molecule has 8 heteroatoms. The number of amides is 1. The highest BCUT2D eigenvalue weighted by Crippen LogP contribution is 2.38. The van der Waals surface area contributed by atoms with E-state index in [9.17, 15) is 24.8 Å². The van der Waals surface area contributed by atoms with E-state index in [4.69, 9.17) is 0 Å². The minimum atomic E-state index is -0.922. The molecule has 8 nitrogen and oxygen atoms in total. The molecule has 1 saturated heterocycles. The number of benzene rings is 1. The standard InChI is InChI=1S/C16H21N3O5/c1-11(2)16(15(21)22)7-8-18(10-16)14(20)9-17-12-5-3-4-6-13(12)19(23)24/h3-6,11,17H,7-10H2,1-2H3,(H,21,22). The number of para-hydroxylation sites is 2. The Balaban J connectivity index is 2.02. The number of hydrogen-bond acceptors (Lipinski definition) is 5. The molecule has 2 rings (SSSR count). The van der Waals surface area contributed by atoms with Crippen LogP contribution in [0, 0.1) is 21.4 Å². The number of nitrogens with one attached hydrogen (secondary N) is 1. The molecule has 1 fully saturated rings. The summed E-state index contributed by atoms with van der Waals surface area (Å²) in [5.74, 6) is -1.24. The normalized spacial score (nSPS) is 20.2. The minimum Gasteiger partial charge on any atom is -0.481 e. The highest BCUT2D eigenvalue weighted by Gasteiger charge is 2.48. The summed E-state index contributed by atoms with van der Waals surface area (Å²) < 4.78 is 0. The zero-order valence-corrected chi connectivity index (χ0v) is 13.7. The van der Waals surface area contributed by atoms with E-state index in [0.29, 0.717) is 13.0 Å². The number of carboxylic acid groups (broad SMARTS) is 1. The molecule has 130 valence electrons. The zero-order chi connectivity index (χ0) is 17.9. The fourth-order valence-corrected chi connectivity index (χ4v) is 3.00. The maximum Gasteiger partial charge on any atom is 0.311 e. The highest BCUT2D eigenvalue weighted by atomic mass is 16.6. The SMILES string of the molecule is CC(C)C1(C(=O)O)CCN(C(=O)CNc2ccccc2[N+](=O)[O-])C1. The van der Waals surface area contributed by atoms with Gasteiger partial charge in [0.1, 0.15) is 5.69 Å². The van der Waals surface area contributed by atoms with Crippen LogP contribution in [0.25, 0.3) is 0 Å². The summed E-state index contributed by atoms with van der Waals surface area (Å²) >= 11 is 0. The predicted octanol–water partition coefficient (Wildman–Crippen LogP) is 1.97. The number of anilines is 1. The number of carboxylic acids is 1. The van der Waals surface area contributed by atoms with Gasteiger partial charge < -0.3 is 15.3 Å². The number of likely N-dealkylation sites (tertiary alicyclic amines) is 1. The molecule has 0 aliphatic carbocycles. The van der Waals surface area contributed by atoms with Crippen molar-refractivity contribution in [1.29, 1.82) is 0 Å². The zero-order valence-electron chi connectivity index (χ0n) is 13.7. The van der Waals surface area contributed by atoms with Gasteiger partial charge in [-0.2, -0.15) is 0 Å². The molecule has 0 aromatic heterocycles. The van der Waals surface area contributed by atoms with Crippen molar-refractivity contribution < 1.29 is 19.6 Å². The lowest BCUT2D eigenvalue weighted by atomic mass is 9.76. The number of nitro benzene ring substituents is 1. The van der Waals surface area contributed by atoms with E-state index in [0.717, 1.165) is 0 Å². The van der Waals surface area contributed by atoms with Crippen LogP contribution < -0.4 is 5.32 Å². The third kappa shape index (κ3) is 3.32. The lowest BCUT2D eigenvalue weighted by molar-refractivity contribution is -0.383. The summed E-state index contributed by atoms with van der Waals surface area (Å²) in [7, 11) is 0. The fourth-order valence-electron chi connectivity index (χ4n) is 3.00. The first-order valence-corrected chi connectivity index (χ1v) is 7.76. The summed E-state index contributed by atoms with van der Waals surface area (Å²) in [6, 6.07) is 6.08. The van der Waals surface area contributed by atoms with Crippen LogP contribution in [0.2, 0.25) is 0 Å². The predicted molar refractivity (Wildman–Crippen MR) is 87.7 cm³/mol. The molecule has 1 aliphatic heterocycles. The van der Waals surface area contributed by atoms with E-state index in [1.54, 1.807) is 12.1 Å². The highest BCUT2D eigenvalue weighted by molar-refractivity contribution is 5.84. The van der Waals surface area contributed by atoms with E-state index in [1.165, 1.54) is 17.0 Å². The molecule has 0 spiro atoms. The van der Waals surface area contributed by atoms with E-state index < -0.39 is 16.3 Å². The lowest BCUT2D eigenvalue weighted by Gasteiger charge is -2.28. The molecule has 0 bridgehead atoms. The fraction of sp³-hybridized carbons (Fsp3) is 0.500. The number of hydrogen-bond donors (Lipinski definition) is 2. The molecule has 1 aromatic carbocycles. The third-order valence-corrected chi connectivity index (χ3v) is 4.72. The Morgan fingerprint density at radius 2 is 2.08 bits per heavy atom.